The molecule has 37 heavy (non-hydrogen) atoms. The molecular formula is C29H47N3O5. The second kappa shape index (κ2) is 13.6. The monoisotopic (exact) mass is 517 g/mol. The molecule has 0 heterocycles. The number of hydrogen-bond acceptors (Lipinski definition) is 5. The topological polar surface area (TPSA) is 108 Å². The highest BCUT2D eigenvalue weighted by Crippen LogP contribution is 2.29. The number of nitrogens with one attached hydrogen (secondary N) is 2. The van der Waals surface area contributed by atoms with Crippen molar-refractivity contribution in [2.24, 2.45) is 5.92 Å². The van der Waals surface area contributed by atoms with Crippen molar-refractivity contribution < 1.29 is 24.2 Å². The zero-order chi connectivity index (χ0) is 28.6. The van der Waals surface area contributed by atoms with Gasteiger partial charge in [0.1, 0.15) is 17.7 Å². The highest BCUT2D eigenvalue weighted by atomic mass is 16.6. The summed E-state index contributed by atoms with van der Waals surface area (Å²) in [5.41, 5.74) is 0.0843. The molecule has 0 aliphatic heterocycles. The Labute approximate surface area is 222 Å². The first-order valence-corrected chi connectivity index (χ1v) is 13.0. The largest absolute Gasteiger partial charge is 0.444 e. The maximum absolute atomic E-state index is 14.0. The van der Waals surface area contributed by atoms with Crippen LogP contribution in [0, 0.1) is 5.92 Å². The van der Waals surface area contributed by atoms with Gasteiger partial charge in [-0.25, -0.2) is 4.79 Å². The Morgan fingerprint density at radius 3 is 2.19 bits per heavy atom. The zero-order valence-electron chi connectivity index (χ0n) is 24.1. The van der Waals surface area contributed by atoms with Crippen molar-refractivity contribution >= 4 is 24.0 Å². The van der Waals surface area contributed by atoms with Gasteiger partial charge in [-0.2, -0.15) is 0 Å². The molecule has 8 heteroatoms. The van der Waals surface area contributed by atoms with Crippen LogP contribution < -0.4 is 10.6 Å². The highest BCUT2D eigenvalue weighted by Gasteiger charge is 2.39. The molecule has 3 amide bonds. The number of rotatable bonds is 11. The minimum Gasteiger partial charge on any atom is -0.444 e. The van der Waals surface area contributed by atoms with Gasteiger partial charge in [0.05, 0.1) is 6.61 Å². The predicted molar refractivity (Wildman–Crippen MR) is 148 cm³/mol. The predicted octanol–water partition coefficient (Wildman–Crippen LogP) is 4.82. The first-order chi connectivity index (χ1) is 17.0. The molecule has 1 aromatic carbocycles. The third-order valence-electron chi connectivity index (χ3n) is 5.55. The van der Waals surface area contributed by atoms with Gasteiger partial charge in [0, 0.05) is 11.6 Å². The van der Waals surface area contributed by atoms with Crippen LogP contribution in [0.15, 0.2) is 30.8 Å². The number of nitrogens with zero attached hydrogens (tertiary/aromatic N) is 1. The minimum atomic E-state index is -1.29. The molecule has 0 aliphatic rings. The first kappa shape index (κ1) is 32.2. The molecule has 1 rings (SSSR count). The van der Waals surface area contributed by atoms with Crippen LogP contribution in [-0.4, -0.2) is 57.7 Å². The number of carbonyl (C=O) groups excluding carboxylic acids is 3. The maximum Gasteiger partial charge on any atom is 0.408 e. The van der Waals surface area contributed by atoms with Gasteiger partial charge in [-0.1, -0.05) is 44.7 Å². The molecule has 0 saturated heterocycles. The van der Waals surface area contributed by atoms with E-state index in [0.29, 0.717) is 17.9 Å². The average molecular weight is 518 g/mol. The van der Waals surface area contributed by atoms with Crippen LogP contribution in [-0.2, 0) is 14.3 Å². The van der Waals surface area contributed by atoms with E-state index in [-0.39, 0.29) is 11.9 Å². The van der Waals surface area contributed by atoms with Crippen molar-refractivity contribution in [1.82, 2.24) is 15.5 Å². The Morgan fingerprint density at radius 1 is 1.08 bits per heavy atom. The van der Waals surface area contributed by atoms with Crippen LogP contribution in [0.5, 0.6) is 0 Å². The lowest BCUT2D eigenvalue weighted by Gasteiger charge is -2.39. The average Bonchev–Trinajstić information content (AvgIpc) is 2.76. The van der Waals surface area contributed by atoms with E-state index in [9.17, 15) is 19.5 Å². The van der Waals surface area contributed by atoms with Crippen molar-refractivity contribution in [3.8, 4) is 0 Å². The molecule has 8 nitrogen and oxygen atoms in total. The van der Waals surface area contributed by atoms with Crippen LogP contribution in [0.2, 0.25) is 0 Å². The van der Waals surface area contributed by atoms with Gasteiger partial charge in [-0.3, -0.25) is 9.59 Å². The lowest BCUT2D eigenvalue weighted by atomic mass is 9.95. The summed E-state index contributed by atoms with van der Waals surface area (Å²) in [5.74, 6) is -0.533. The summed E-state index contributed by atoms with van der Waals surface area (Å²) in [6.07, 6.45) is 2.32. The number of amides is 3. The number of hydrogen-bond donors (Lipinski definition) is 3. The highest BCUT2D eigenvalue weighted by molar-refractivity contribution is 5.92. The summed E-state index contributed by atoms with van der Waals surface area (Å²) in [5, 5.41) is 15.6. The zero-order valence-corrected chi connectivity index (χ0v) is 24.1. The van der Waals surface area contributed by atoms with Gasteiger partial charge in [-0.05, 0) is 84.4 Å². The quantitative estimate of drug-likeness (QED) is 0.390. The van der Waals surface area contributed by atoms with E-state index in [1.165, 1.54) is 4.90 Å². The smallest absolute Gasteiger partial charge is 0.408 e. The fourth-order valence-electron chi connectivity index (χ4n) is 3.86. The molecule has 0 aromatic heterocycles. The number of aliphatic hydroxyl groups is 1. The van der Waals surface area contributed by atoms with Crippen LogP contribution >= 0.6 is 0 Å². The summed E-state index contributed by atoms with van der Waals surface area (Å²) in [4.78, 5) is 41.7. The van der Waals surface area contributed by atoms with Crippen LogP contribution in [0.4, 0.5) is 4.79 Å². The number of carbonyl (C=O) groups is 3. The van der Waals surface area contributed by atoms with E-state index in [1.807, 2.05) is 45.9 Å². The van der Waals surface area contributed by atoms with Crippen molar-refractivity contribution in [2.75, 3.05) is 6.61 Å². The van der Waals surface area contributed by atoms with E-state index < -0.39 is 41.8 Å². The molecule has 0 bridgehead atoms. The Kier molecular flexibility index (Phi) is 11.8. The Bertz CT molecular complexity index is 930. The number of aliphatic hydroxyl groups excluding tert-OH is 1. The Balaban J connectivity index is 3.61. The summed E-state index contributed by atoms with van der Waals surface area (Å²) in [7, 11) is 0. The first-order valence-electron chi connectivity index (χ1n) is 13.0. The van der Waals surface area contributed by atoms with Gasteiger partial charge in [-0.15, -0.1) is 0 Å². The summed E-state index contributed by atoms with van der Waals surface area (Å²) in [6, 6.07) is 4.65. The fraction of sp³-hybridized carbons (Fsp3) is 0.621. The lowest BCUT2D eigenvalue weighted by Crippen LogP contribution is -2.57. The van der Waals surface area contributed by atoms with E-state index in [2.05, 4.69) is 31.1 Å². The molecule has 0 fully saturated rings. The molecule has 0 spiro atoms. The molecular weight excluding hydrogens is 470 g/mol. The van der Waals surface area contributed by atoms with Crippen molar-refractivity contribution in [3.05, 3.63) is 42.0 Å². The van der Waals surface area contributed by atoms with Gasteiger partial charge < -0.3 is 25.4 Å². The molecule has 3 atom stereocenters. The van der Waals surface area contributed by atoms with E-state index >= 15 is 0 Å². The summed E-state index contributed by atoms with van der Waals surface area (Å²) < 4.78 is 5.31. The third kappa shape index (κ3) is 11.0. The molecule has 3 N–H and O–H groups in total. The SMILES string of the molecule is C=Cc1cccc(C(C(=O)NC(C)(C)C)N(C(=O)C(CO)NC(=O)OC(C)(C)C)C(C)CCC(C)C)c1. The van der Waals surface area contributed by atoms with Crippen LogP contribution in [0.3, 0.4) is 0 Å². The second-order valence-electron chi connectivity index (χ2n) is 12.0. The van der Waals surface area contributed by atoms with Gasteiger partial charge in [0.15, 0.2) is 0 Å². The van der Waals surface area contributed by atoms with Crippen LogP contribution in [0.25, 0.3) is 6.08 Å². The van der Waals surface area contributed by atoms with Gasteiger partial charge in [0.25, 0.3) is 0 Å². The molecule has 208 valence electrons. The summed E-state index contributed by atoms with van der Waals surface area (Å²) >= 11 is 0. The van der Waals surface area contributed by atoms with E-state index in [1.54, 1.807) is 32.9 Å². The molecule has 1 aromatic rings. The molecule has 0 radical (unpaired) electrons. The van der Waals surface area contributed by atoms with E-state index in [4.69, 9.17) is 4.74 Å². The maximum atomic E-state index is 14.0. The molecule has 3 unspecified atom stereocenters. The second-order valence-corrected chi connectivity index (χ2v) is 12.0. The van der Waals surface area contributed by atoms with Gasteiger partial charge >= 0.3 is 6.09 Å². The van der Waals surface area contributed by atoms with E-state index in [0.717, 1.165) is 12.0 Å². The Morgan fingerprint density at radius 2 is 1.70 bits per heavy atom. The van der Waals surface area contributed by atoms with Crippen molar-refractivity contribution in [3.63, 3.8) is 0 Å². The standard InChI is InChI=1S/C29H47N3O5/c1-11-21-13-12-14-22(17-21)24(25(34)31-28(5,6)7)32(20(4)16-15-19(2)3)26(35)23(18-33)30-27(36)37-29(8,9)10/h11-14,17,19-20,23-24,33H,1,15-16,18H2,2-10H3,(H,30,36)(H,31,34). The van der Waals surface area contributed by atoms with Gasteiger partial charge in [0.2, 0.25) is 11.8 Å². The fourth-order valence-corrected chi connectivity index (χ4v) is 3.86. The van der Waals surface area contributed by atoms with Crippen molar-refractivity contribution in [1.29, 1.82) is 0 Å². The Hall–Kier alpha value is -2.87. The van der Waals surface area contributed by atoms with Crippen LogP contribution in [0.1, 0.15) is 92.3 Å². The molecule has 0 saturated carbocycles. The number of ether oxygens (including phenoxy) is 1. The minimum absolute atomic E-state index is 0.354. The number of alkyl carbamates (subject to hydrolysis) is 1. The third-order valence-corrected chi connectivity index (χ3v) is 5.55. The summed E-state index contributed by atoms with van der Waals surface area (Å²) in [6.45, 7) is 20.0. The lowest BCUT2D eigenvalue weighted by molar-refractivity contribution is -0.146. The normalized spacial score (nSPS) is 14.4. The number of benzene rings is 1. The molecule has 0 aliphatic carbocycles. The van der Waals surface area contributed by atoms with Crippen molar-refractivity contribution in [2.45, 2.75) is 104 Å².